The van der Waals surface area contributed by atoms with E-state index in [4.69, 9.17) is 32.6 Å². The number of amidine groups is 2. The first-order chi connectivity index (χ1) is 13.3. The molecule has 3 N–H and O–H groups in total. The van der Waals surface area contributed by atoms with Crippen molar-refractivity contribution in [2.45, 2.75) is 33.6 Å². The van der Waals surface area contributed by atoms with Crippen molar-refractivity contribution in [2.24, 2.45) is 5.92 Å². The molecule has 0 aliphatic carbocycles. The summed E-state index contributed by atoms with van der Waals surface area (Å²) in [4.78, 5) is 1.61. The minimum Gasteiger partial charge on any atom is -0.497 e. The Morgan fingerprint density at radius 2 is 1.75 bits per heavy atom. The highest BCUT2D eigenvalue weighted by atomic mass is 35.5. The van der Waals surface area contributed by atoms with Crippen molar-refractivity contribution >= 4 is 34.7 Å². The first kappa shape index (κ1) is 21.6. The molecule has 0 saturated heterocycles. The predicted octanol–water partition coefficient (Wildman–Crippen LogP) is 5.98. The van der Waals surface area contributed by atoms with E-state index in [1.165, 1.54) is 0 Å². The highest BCUT2D eigenvalue weighted by molar-refractivity contribution is 6.30. The van der Waals surface area contributed by atoms with E-state index in [1.54, 1.807) is 55.3 Å². The normalized spacial score (nSPS) is 11.6. The Morgan fingerprint density at radius 1 is 1.11 bits per heavy atom. The summed E-state index contributed by atoms with van der Waals surface area (Å²) in [7, 11) is 1.58. The molecule has 0 saturated carbocycles. The van der Waals surface area contributed by atoms with E-state index in [2.05, 4.69) is 6.92 Å². The van der Waals surface area contributed by atoms with Crippen molar-refractivity contribution in [1.29, 1.82) is 16.2 Å². The fourth-order valence-electron chi connectivity index (χ4n) is 3.09. The zero-order valence-electron chi connectivity index (χ0n) is 16.8. The molecule has 0 radical (unpaired) electrons. The fraction of sp³-hybridized carbons (Fsp3) is 0.318. The van der Waals surface area contributed by atoms with Gasteiger partial charge in [0.1, 0.15) is 17.4 Å². The maximum atomic E-state index is 8.75. The minimum absolute atomic E-state index is 0.00460. The molecule has 2 rings (SSSR count). The molecule has 0 aromatic heterocycles. The predicted molar refractivity (Wildman–Crippen MR) is 118 cm³/mol. The molecule has 0 fully saturated rings. The molecule has 28 heavy (non-hydrogen) atoms. The van der Waals surface area contributed by atoms with Gasteiger partial charge in [-0.1, -0.05) is 44.0 Å². The Labute approximate surface area is 171 Å². The lowest BCUT2D eigenvalue weighted by Crippen LogP contribution is -2.39. The van der Waals surface area contributed by atoms with Gasteiger partial charge in [-0.3, -0.25) is 21.1 Å². The van der Waals surface area contributed by atoms with Crippen LogP contribution in [0.1, 0.15) is 44.7 Å². The molecule has 0 spiro atoms. The van der Waals surface area contributed by atoms with Gasteiger partial charge in [0.25, 0.3) is 0 Å². The smallest absolute Gasteiger partial charge is 0.119 e. The third kappa shape index (κ3) is 4.78. The summed E-state index contributed by atoms with van der Waals surface area (Å²) >= 11 is 5.98. The molecule has 2 aromatic carbocycles. The van der Waals surface area contributed by atoms with Crippen LogP contribution in [0, 0.1) is 22.1 Å². The Kier molecular flexibility index (Phi) is 7.35. The van der Waals surface area contributed by atoms with Crippen molar-refractivity contribution in [3.8, 4) is 5.75 Å². The van der Waals surface area contributed by atoms with E-state index in [-0.39, 0.29) is 17.5 Å². The summed E-state index contributed by atoms with van der Waals surface area (Å²) < 4.78 is 5.36. The minimum atomic E-state index is 0.00460. The van der Waals surface area contributed by atoms with E-state index < -0.39 is 0 Å². The second kappa shape index (κ2) is 9.51. The number of halogens is 1. The number of hydrogen-bond donors (Lipinski definition) is 3. The van der Waals surface area contributed by atoms with Crippen LogP contribution in [0.15, 0.2) is 42.5 Å². The van der Waals surface area contributed by atoms with E-state index in [0.717, 1.165) is 12.8 Å². The average molecular weight is 399 g/mol. The second-order valence-electron chi connectivity index (χ2n) is 6.76. The van der Waals surface area contributed by atoms with Crippen LogP contribution in [-0.2, 0) is 0 Å². The van der Waals surface area contributed by atoms with E-state index in [0.29, 0.717) is 33.4 Å². The molecule has 0 amide bonds. The lowest BCUT2D eigenvalue weighted by Gasteiger charge is -2.29. The largest absolute Gasteiger partial charge is 0.497 e. The van der Waals surface area contributed by atoms with Crippen LogP contribution in [0.4, 0.5) is 5.69 Å². The van der Waals surface area contributed by atoms with Crippen LogP contribution >= 0.6 is 11.6 Å². The number of hydrogen-bond acceptors (Lipinski definition) is 4. The van der Waals surface area contributed by atoms with Gasteiger partial charge in [0.05, 0.1) is 18.5 Å². The molecule has 0 heterocycles. The zero-order chi connectivity index (χ0) is 20.8. The lowest BCUT2D eigenvalue weighted by atomic mass is 9.98. The van der Waals surface area contributed by atoms with Crippen molar-refractivity contribution in [1.82, 2.24) is 0 Å². The highest BCUT2D eigenvalue weighted by Crippen LogP contribution is 2.30. The monoisotopic (exact) mass is 398 g/mol. The number of rotatable bonds is 7. The van der Waals surface area contributed by atoms with Gasteiger partial charge >= 0.3 is 0 Å². The van der Waals surface area contributed by atoms with Crippen molar-refractivity contribution < 1.29 is 4.74 Å². The number of nitrogens with one attached hydrogen (secondary N) is 3. The molecular formula is C22H27ClN4O. The van der Waals surface area contributed by atoms with E-state index in [1.807, 2.05) is 13.0 Å². The van der Waals surface area contributed by atoms with Crippen LogP contribution in [0.3, 0.4) is 0 Å². The highest BCUT2D eigenvalue weighted by Gasteiger charge is 2.24. The molecular weight excluding hydrogens is 372 g/mol. The summed E-state index contributed by atoms with van der Waals surface area (Å²) in [5.74, 6) is 1.21. The first-order valence-corrected chi connectivity index (χ1v) is 9.64. The van der Waals surface area contributed by atoms with Crippen LogP contribution in [-0.4, -0.2) is 24.5 Å². The number of anilines is 1. The van der Waals surface area contributed by atoms with Crippen LogP contribution in [0.5, 0.6) is 5.75 Å². The molecule has 148 valence electrons. The summed E-state index contributed by atoms with van der Waals surface area (Å²) in [5.41, 5.74) is 2.21. The summed E-state index contributed by atoms with van der Waals surface area (Å²) in [6, 6.07) is 12.5. The Balaban J connectivity index is 2.58. The molecule has 1 atom stereocenters. The van der Waals surface area contributed by atoms with Gasteiger partial charge in [-0.25, -0.2) is 0 Å². The molecule has 6 heteroatoms. The number of methoxy groups -OCH3 is 1. The number of benzene rings is 2. The van der Waals surface area contributed by atoms with Crippen LogP contribution in [0.2, 0.25) is 5.02 Å². The van der Waals surface area contributed by atoms with Gasteiger partial charge < -0.3 is 4.74 Å². The maximum Gasteiger partial charge on any atom is 0.119 e. The van der Waals surface area contributed by atoms with E-state index in [9.17, 15) is 0 Å². The van der Waals surface area contributed by atoms with Crippen molar-refractivity contribution in [3.63, 3.8) is 0 Å². The second-order valence-corrected chi connectivity index (χ2v) is 7.20. The first-order valence-electron chi connectivity index (χ1n) is 9.26. The van der Waals surface area contributed by atoms with Crippen LogP contribution < -0.4 is 9.64 Å². The maximum absolute atomic E-state index is 8.75. The van der Waals surface area contributed by atoms with Gasteiger partial charge in [-0.05, 0) is 43.7 Å². The van der Waals surface area contributed by atoms with Gasteiger partial charge in [-0.15, -0.1) is 0 Å². The molecule has 0 bridgehead atoms. The third-order valence-corrected chi connectivity index (χ3v) is 4.86. The standard InChI is InChI=1S/C22H27ClN4O/c1-5-6-14(2)22(26)27(15(3)24)20-12-11-18(28-4)13-19(20)21(25)16-7-9-17(23)10-8-16/h7-14,24-26H,5-6H2,1-4H3. The third-order valence-electron chi connectivity index (χ3n) is 4.61. The van der Waals surface area contributed by atoms with Crippen molar-refractivity contribution in [3.05, 3.63) is 58.6 Å². The summed E-state index contributed by atoms with van der Waals surface area (Å²) in [6.45, 7) is 5.74. The molecule has 0 aliphatic heterocycles. The summed E-state index contributed by atoms with van der Waals surface area (Å²) in [5, 5.41) is 26.3. The topological polar surface area (TPSA) is 84.0 Å². The van der Waals surface area contributed by atoms with Crippen LogP contribution in [0.25, 0.3) is 0 Å². The van der Waals surface area contributed by atoms with Gasteiger partial charge in [0.2, 0.25) is 0 Å². The number of nitrogens with zero attached hydrogens (tertiary/aromatic N) is 1. The Bertz CT molecular complexity index is 877. The van der Waals surface area contributed by atoms with Gasteiger partial charge in [0, 0.05) is 22.1 Å². The quantitative estimate of drug-likeness (QED) is 0.395. The SMILES string of the molecule is CCCC(C)C(=N)N(C(C)=N)c1ccc(OC)cc1C(=N)c1ccc(Cl)cc1. The Morgan fingerprint density at radius 3 is 2.29 bits per heavy atom. The van der Waals surface area contributed by atoms with Crippen molar-refractivity contribution in [2.75, 3.05) is 12.0 Å². The molecule has 1 unspecified atom stereocenters. The molecule has 5 nitrogen and oxygen atoms in total. The molecule has 0 aliphatic rings. The average Bonchev–Trinajstić information content (AvgIpc) is 2.68. The zero-order valence-corrected chi connectivity index (χ0v) is 17.5. The summed E-state index contributed by atoms with van der Waals surface area (Å²) in [6.07, 6.45) is 1.83. The lowest BCUT2D eigenvalue weighted by molar-refractivity contribution is 0.415. The fourth-order valence-corrected chi connectivity index (χ4v) is 3.22. The van der Waals surface area contributed by atoms with Gasteiger partial charge in [-0.2, -0.15) is 0 Å². The van der Waals surface area contributed by atoms with E-state index >= 15 is 0 Å². The molecule has 2 aromatic rings. The number of ether oxygens (including phenoxy) is 1. The Hall–Kier alpha value is -2.66. The van der Waals surface area contributed by atoms with Gasteiger partial charge in [0.15, 0.2) is 0 Å².